The lowest BCUT2D eigenvalue weighted by Gasteiger charge is -2.21. The lowest BCUT2D eigenvalue weighted by molar-refractivity contribution is 0.383. The molecule has 13 heavy (non-hydrogen) atoms. The Kier molecular flexibility index (Phi) is 4.55. The second-order valence-electron chi connectivity index (χ2n) is 3.30. The van der Waals surface area contributed by atoms with E-state index in [0.29, 0.717) is 0 Å². The molecule has 0 amide bonds. The molecular formula is C12H18N-. The van der Waals surface area contributed by atoms with Crippen LogP contribution in [0.5, 0.6) is 0 Å². The van der Waals surface area contributed by atoms with Gasteiger partial charge < -0.3 is 4.90 Å². The number of nitrogens with zero attached hydrogens (tertiary/aromatic N) is 1. The molecule has 0 unspecified atom stereocenters. The van der Waals surface area contributed by atoms with Gasteiger partial charge in [0.2, 0.25) is 0 Å². The van der Waals surface area contributed by atoms with Gasteiger partial charge in [0.05, 0.1) is 0 Å². The lowest BCUT2D eigenvalue weighted by atomic mass is 10.1. The Balaban J connectivity index is 2.20. The van der Waals surface area contributed by atoms with E-state index in [2.05, 4.69) is 49.2 Å². The van der Waals surface area contributed by atoms with Gasteiger partial charge in [-0.1, -0.05) is 37.3 Å². The maximum atomic E-state index is 3.92. The average molecular weight is 176 g/mol. The molecule has 0 N–H and O–H groups in total. The summed E-state index contributed by atoms with van der Waals surface area (Å²) < 4.78 is 0. The predicted octanol–water partition coefficient (Wildman–Crippen LogP) is 2.73. The van der Waals surface area contributed by atoms with Crippen LogP contribution in [0.1, 0.15) is 18.9 Å². The molecule has 0 bridgehead atoms. The van der Waals surface area contributed by atoms with Crippen LogP contribution in [0.15, 0.2) is 30.3 Å². The van der Waals surface area contributed by atoms with Crippen LogP contribution in [0.4, 0.5) is 0 Å². The Bertz CT molecular complexity index is 218. The van der Waals surface area contributed by atoms with Crippen LogP contribution in [0, 0.1) is 7.05 Å². The molecule has 0 aliphatic heterocycles. The fourth-order valence-corrected chi connectivity index (χ4v) is 1.31. The molecule has 0 saturated carbocycles. The van der Waals surface area contributed by atoms with Gasteiger partial charge in [-0.25, -0.2) is 0 Å². The smallest absolute Gasteiger partial charge is 0.0268 e. The van der Waals surface area contributed by atoms with Crippen molar-refractivity contribution in [3.05, 3.63) is 42.9 Å². The van der Waals surface area contributed by atoms with Crippen molar-refractivity contribution in [3.63, 3.8) is 0 Å². The van der Waals surface area contributed by atoms with E-state index in [1.165, 1.54) is 12.0 Å². The Morgan fingerprint density at radius 3 is 2.54 bits per heavy atom. The molecule has 0 fully saturated rings. The summed E-state index contributed by atoms with van der Waals surface area (Å²) in [6.45, 7) is 4.26. The molecule has 0 atom stereocenters. The highest BCUT2D eigenvalue weighted by molar-refractivity contribution is 5.14. The molecule has 1 rings (SSSR count). The van der Waals surface area contributed by atoms with E-state index in [1.807, 2.05) is 0 Å². The molecule has 0 heterocycles. The minimum atomic E-state index is 1.04. The summed E-state index contributed by atoms with van der Waals surface area (Å²) in [5.41, 5.74) is 1.42. The molecule has 0 aromatic heterocycles. The van der Waals surface area contributed by atoms with Gasteiger partial charge in [-0.3, -0.25) is 7.05 Å². The highest BCUT2D eigenvalue weighted by Gasteiger charge is 1.91. The third kappa shape index (κ3) is 4.09. The molecule has 1 aromatic carbocycles. The Labute approximate surface area is 81.4 Å². The van der Waals surface area contributed by atoms with Gasteiger partial charge in [-0.2, -0.15) is 0 Å². The van der Waals surface area contributed by atoms with Crippen LogP contribution in [-0.2, 0) is 6.42 Å². The molecule has 1 nitrogen and oxygen atoms in total. The fraction of sp³-hybridized carbons (Fsp3) is 0.417. The summed E-state index contributed by atoms with van der Waals surface area (Å²) >= 11 is 0. The van der Waals surface area contributed by atoms with Crippen LogP contribution in [0.3, 0.4) is 0 Å². The summed E-state index contributed by atoms with van der Waals surface area (Å²) in [6, 6.07) is 10.6. The van der Waals surface area contributed by atoms with Crippen molar-refractivity contribution in [1.29, 1.82) is 0 Å². The summed E-state index contributed by atoms with van der Waals surface area (Å²) in [5.74, 6) is 0. The first kappa shape index (κ1) is 10.3. The quantitative estimate of drug-likeness (QED) is 0.623. The first-order valence-electron chi connectivity index (χ1n) is 4.92. The van der Waals surface area contributed by atoms with Gasteiger partial charge in [-0.15, -0.1) is 0 Å². The lowest BCUT2D eigenvalue weighted by Crippen LogP contribution is -2.16. The van der Waals surface area contributed by atoms with Crippen molar-refractivity contribution in [2.24, 2.45) is 0 Å². The summed E-state index contributed by atoms with van der Waals surface area (Å²) in [6.07, 6.45) is 2.36. The van der Waals surface area contributed by atoms with Crippen LogP contribution < -0.4 is 0 Å². The van der Waals surface area contributed by atoms with Crippen molar-refractivity contribution in [1.82, 2.24) is 4.90 Å². The van der Waals surface area contributed by atoms with Crippen molar-refractivity contribution >= 4 is 0 Å². The van der Waals surface area contributed by atoms with E-state index in [-0.39, 0.29) is 0 Å². The molecule has 0 spiro atoms. The molecular weight excluding hydrogens is 158 g/mol. The predicted molar refractivity (Wildman–Crippen MR) is 57.4 cm³/mol. The van der Waals surface area contributed by atoms with Gasteiger partial charge in [-0.05, 0) is 31.5 Å². The highest BCUT2D eigenvalue weighted by atomic mass is 15.1. The van der Waals surface area contributed by atoms with E-state index < -0.39 is 0 Å². The summed E-state index contributed by atoms with van der Waals surface area (Å²) in [4.78, 5) is 2.10. The van der Waals surface area contributed by atoms with E-state index >= 15 is 0 Å². The molecule has 0 radical (unpaired) electrons. The van der Waals surface area contributed by atoms with Gasteiger partial charge in [0, 0.05) is 0 Å². The van der Waals surface area contributed by atoms with Crippen LogP contribution in [-0.4, -0.2) is 18.0 Å². The first-order chi connectivity index (χ1) is 6.33. The van der Waals surface area contributed by atoms with E-state index in [4.69, 9.17) is 0 Å². The van der Waals surface area contributed by atoms with E-state index in [9.17, 15) is 0 Å². The second kappa shape index (κ2) is 5.76. The zero-order valence-electron chi connectivity index (χ0n) is 8.37. The molecule has 72 valence electrons. The Morgan fingerprint density at radius 1 is 1.23 bits per heavy atom. The number of hydrogen-bond donors (Lipinski definition) is 0. The monoisotopic (exact) mass is 176 g/mol. The Hall–Kier alpha value is -0.820. The molecule has 0 saturated heterocycles. The molecule has 1 aromatic rings. The van der Waals surface area contributed by atoms with E-state index in [0.717, 1.165) is 19.5 Å². The van der Waals surface area contributed by atoms with Gasteiger partial charge >= 0.3 is 0 Å². The van der Waals surface area contributed by atoms with Crippen molar-refractivity contribution in [3.8, 4) is 0 Å². The maximum Gasteiger partial charge on any atom is -0.0268 e. The number of aryl methyl sites for hydroxylation is 1. The summed E-state index contributed by atoms with van der Waals surface area (Å²) in [7, 11) is 3.92. The SMILES string of the molecule is [CH2-]N(CC)CCCc1ccccc1. The van der Waals surface area contributed by atoms with Gasteiger partial charge in [0.15, 0.2) is 0 Å². The fourth-order valence-electron chi connectivity index (χ4n) is 1.31. The topological polar surface area (TPSA) is 3.24 Å². The minimum absolute atomic E-state index is 1.04. The maximum absolute atomic E-state index is 3.92. The zero-order valence-corrected chi connectivity index (χ0v) is 8.37. The van der Waals surface area contributed by atoms with Crippen LogP contribution in [0.2, 0.25) is 0 Å². The number of hydrogen-bond acceptors (Lipinski definition) is 1. The third-order valence-corrected chi connectivity index (χ3v) is 2.23. The zero-order chi connectivity index (χ0) is 9.52. The van der Waals surface area contributed by atoms with Crippen molar-refractivity contribution in [2.45, 2.75) is 19.8 Å². The van der Waals surface area contributed by atoms with E-state index in [1.54, 1.807) is 0 Å². The number of rotatable bonds is 5. The van der Waals surface area contributed by atoms with Crippen LogP contribution in [0.25, 0.3) is 0 Å². The van der Waals surface area contributed by atoms with Crippen LogP contribution >= 0.6 is 0 Å². The number of benzene rings is 1. The molecule has 0 aliphatic rings. The summed E-state index contributed by atoms with van der Waals surface area (Å²) in [5, 5.41) is 0. The second-order valence-corrected chi connectivity index (χ2v) is 3.30. The largest absolute Gasteiger partial charge is 0.459 e. The third-order valence-electron chi connectivity index (χ3n) is 2.23. The molecule has 0 aliphatic carbocycles. The highest BCUT2D eigenvalue weighted by Crippen LogP contribution is 2.02. The first-order valence-corrected chi connectivity index (χ1v) is 4.92. The van der Waals surface area contributed by atoms with Gasteiger partial charge in [0.1, 0.15) is 0 Å². The minimum Gasteiger partial charge on any atom is -0.459 e. The Morgan fingerprint density at radius 2 is 1.92 bits per heavy atom. The normalized spacial score (nSPS) is 10.7. The average Bonchev–Trinajstić information content (AvgIpc) is 2.19. The van der Waals surface area contributed by atoms with Crippen molar-refractivity contribution < 1.29 is 0 Å². The van der Waals surface area contributed by atoms with Gasteiger partial charge in [0.25, 0.3) is 0 Å². The molecule has 1 heteroatoms. The standard InChI is InChI=1S/C12H18N/c1-3-13(2)11-7-10-12-8-5-4-6-9-12/h4-6,8-9H,2-3,7,10-11H2,1H3/q-1. The van der Waals surface area contributed by atoms with Crippen molar-refractivity contribution in [2.75, 3.05) is 13.1 Å².